The van der Waals surface area contributed by atoms with Crippen molar-refractivity contribution in [2.45, 2.75) is 53.7 Å². The fraction of sp³-hybridized carbons (Fsp3) is 0.314. The van der Waals surface area contributed by atoms with E-state index >= 15 is 0 Å². The molecule has 0 bridgehead atoms. The Balaban J connectivity index is 1.54. The molecule has 0 aromatic heterocycles. The summed E-state index contributed by atoms with van der Waals surface area (Å²) in [6, 6.07) is 24.3. The summed E-state index contributed by atoms with van der Waals surface area (Å²) in [5, 5.41) is 0. The first-order chi connectivity index (χ1) is 23.9. The molecular formula is C35H42N2O10S4. The third kappa shape index (κ3) is 10.8. The standard InChI is InChI=1S/C35H42N2O10S4/c1-28-6-14-32(15-7-28)48(38,39)36(24-26-46-50(42,43)34-18-10-30(3)11-19-34)22-5-23-37(49(40,41)33-16-8-29(2)9-17-33)25-27-47-51(44,45)35-20-12-31(4)13-21-35/h6-21H,5,22-27H2,1-4H3. The van der Waals surface area contributed by atoms with Crippen LogP contribution in [-0.2, 0) is 48.6 Å². The molecule has 12 nitrogen and oxygen atoms in total. The van der Waals surface area contributed by atoms with Crippen LogP contribution in [0.15, 0.2) is 117 Å². The lowest BCUT2D eigenvalue weighted by molar-refractivity contribution is 0.258. The maximum atomic E-state index is 13.8. The first-order valence-electron chi connectivity index (χ1n) is 16.0. The van der Waals surface area contributed by atoms with Crippen molar-refractivity contribution in [1.29, 1.82) is 0 Å². The van der Waals surface area contributed by atoms with E-state index in [2.05, 4.69) is 0 Å². The minimum Gasteiger partial charge on any atom is -0.265 e. The molecule has 0 amide bonds. The van der Waals surface area contributed by atoms with Crippen molar-refractivity contribution in [3.05, 3.63) is 119 Å². The van der Waals surface area contributed by atoms with Crippen molar-refractivity contribution >= 4 is 40.3 Å². The van der Waals surface area contributed by atoms with Gasteiger partial charge in [-0.25, -0.2) is 16.8 Å². The average Bonchev–Trinajstić information content (AvgIpc) is 3.07. The fourth-order valence-corrected chi connectivity index (χ4v) is 9.61. The predicted octanol–water partition coefficient (Wildman–Crippen LogP) is 4.80. The Kier molecular flexibility index (Phi) is 13.4. The van der Waals surface area contributed by atoms with Crippen LogP contribution in [0.4, 0.5) is 0 Å². The van der Waals surface area contributed by atoms with Gasteiger partial charge in [-0.3, -0.25) is 8.37 Å². The van der Waals surface area contributed by atoms with Gasteiger partial charge in [-0.05, 0) is 82.6 Å². The van der Waals surface area contributed by atoms with E-state index in [1.165, 1.54) is 48.5 Å². The van der Waals surface area contributed by atoms with Crippen LogP contribution in [0.3, 0.4) is 0 Å². The number of rotatable bonds is 18. The van der Waals surface area contributed by atoms with Gasteiger partial charge < -0.3 is 0 Å². The monoisotopic (exact) mass is 778 g/mol. The van der Waals surface area contributed by atoms with E-state index in [4.69, 9.17) is 8.37 Å². The molecule has 4 aromatic carbocycles. The Hall–Kier alpha value is -3.48. The molecule has 0 atom stereocenters. The SMILES string of the molecule is Cc1ccc(S(=O)(=O)OCCN(CCCN(CCOS(=O)(=O)c2ccc(C)cc2)S(=O)(=O)c2ccc(C)cc2)S(=O)(=O)c2ccc(C)cc2)cc1. The molecule has 0 fully saturated rings. The number of aryl methyl sites for hydroxylation is 4. The second-order valence-corrected chi connectivity index (χ2v) is 19.1. The third-order valence-corrected chi connectivity index (χ3v) is 14.4. The van der Waals surface area contributed by atoms with Gasteiger partial charge in [0.1, 0.15) is 0 Å². The quantitative estimate of drug-likeness (QED) is 0.128. The molecule has 0 radical (unpaired) electrons. The molecule has 51 heavy (non-hydrogen) atoms. The number of hydrogen-bond acceptors (Lipinski definition) is 10. The highest BCUT2D eigenvalue weighted by Gasteiger charge is 2.29. The van der Waals surface area contributed by atoms with Crippen LogP contribution < -0.4 is 0 Å². The van der Waals surface area contributed by atoms with E-state index in [1.54, 1.807) is 76.2 Å². The lowest BCUT2D eigenvalue weighted by atomic mass is 10.2. The van der Waals surface area contributed by atoms with Crippen molar-refractivity contribution in [2.75, 3.05) is 39.4 Å². The highest BCUT2D eigenvalue weighted by Crippen LogP contribution is 2.21. The summed E-state index contributed by atoms with van der Waals surface area (Å²) in [7, 11) is -16.7. The number of benzene rings is 4. The summed E-state index contributed by atoms with van der Waals surface area (Å²) in [6.07, 6.45) is -0.0361. The first kappa shape index (κ1) is 40.3. The van der Waals surface area contributed by atoms with Crippen molar-refractivity contribution in [2.24, 2.45) is 0 Å². The van der Waals surface area contributed by atoms with Gasteiger partial charge in [0.15, 0.2) is 0 Å². The zero-order valence-corrected chi connectivity index (χ0v) is 32.1. The molecular weight excluding hydrogens is 737 g/mol. The minimum atomic E-state index is -4.19. The van der Waals surface area contributed by atoms with Gasteiger partial charge in [-0.2, -0.15) is 25.4 Å². The van der Waals surface area contributed by atoms with Crippen LogP contribution in [0.2, 0.25) is 0 Å². The largest absolute Gasteiger partial charge is 0.297 e. The summed E-state index contributed by atoms with van der Waals surface area (Å²) in [6.45, 7) is 5.06. The Labute approximate surface area is 302 Å². The van der Waals surface area contributed by atoms with Crippen molar-refractivity contribution in [1.82, 2.24) is 8.61 Å². The maximum Gasteiger partial charge on any atom is 0.297 e. The van der Waals surface area contributed by atoms with Gasteiger partial charge in [-0.1, -0.05) is 70.8 Å². The predicted molar refractivity (Wildman–Crippen MR) is 193 cm³/mol. The molecule has 0 saturated carbocycles. The van der Waals surface area contributed by atoms with E-state index in [1.807, 2.05) is 0 Å². The van der Waals surface area contributed by atoms with Gasteiger partial charge in [0, 0.05) is 26.2 Å². The molecule has 0 aliphatic rings. The van der Waals surface area contributed by atoms with Crippen LogP contribution in [-0.4, -0.2) is 81.7 Å². The Morgan fingerprint density at radius 3 is 0.922 bits per heavy atom. The summed E-state index contributed by atoms with van der Waals surface area (Å²) in [5.41, 5.74) is 3.36. The lowest BCUT2D eigenvalue weighted by Crippen LogP contribution is -2.39. The third-order valence-electron chi connectivity index (χ3n) is 7.91. The number of nitrogens with zero attached hydrogens (tertiary/aromatic N) is 2. The van der Waals surface area contributed by atoms with Crippen LogP contribution in [0.5, 0.6) is 0 Å². The van der Waals surface area contributed by atoms with E-state index in [0.29, 0.717) is 0 Å². The zero-order chi connectivity index (χ0) is 37.5. The second-order valence-electron chi connectivity index (χ2n) is 12.0. The molecule has 0 saturated heterocycles. The average molecular weight is 779 g/mol. The van der Waals surface area contributed by atoms with E-state index in [9.17, 15) is 33.7 Å². The van der Waals surface area contributed by atoms with Crippen LogP contribution in [0.1, 0.15) is 28.7 Å². The molecule has 0 aliphatic carbocycles. The Morgan fingerprint density at radius 1 is 0.392 bits per heavy atom. The number of hydrogen-bond donors (Lipinski definition) is 0. The maximum absolute atomic E-state index is 13.8. The van der Waals surface area contributed by atoms with Crippen LogP contribution in [0.25, 0.3) is 0 Å². The van der Waals surface area contributed by atoms with Crippen molar-refractivity contribution in [3.63, 3.8) is 0 Å². The fourth-order valence-electron chi connectivity index (χ4n) is 4.89. The number of sulfonamides is 2. The summed E-state index contributed by atoms with van der Waals surface area (Å²) in [4.78, 5) is -0.226. The second kappa shape index (κ2) is 16.9. The normalized spacial score (nSPS) is 12.8. The van der Waals surface area contributed by atoms with Gasteiger partial charge in [0.2, 0.25) is 20.0 Å². The molecule has 0 aliphatic heterocycles. The van der Waals surface area contributed by atoms with Gasteiger partial charge in [-0.15, -0.1) is 0 Å². The molecule has 16 heteroatoms. The van der Waals surface area contributed by atoms with E-state index < -0.39 is 53.5 Å². The smallest absolute Gasteiger partial charge is 0.265 e. The van der Waals surface area contributed by atoms with Crippen molar-refractivity contribution in [3.8, 4) is 0 Å². The topological polar surface area (TPSA) is 161 Å². The summed E-state index contributed by atoms with van der Waals surface area (Å²) >= 11 is 0. The Bertz CT molecular complexity index is 2050. The van der Waals surface area contributed by atoms with Gasteiger partial charge >= 0.3 is 0 Å². The highest BCUT2D eigenvalue weighted by atomic mass is 32.2. The minimum absolute atomic E-state index is 0.0339. The van der Waals surface area contributed by atoms with E-state index in [-0.39, 0.29) is 52.2 Å². The summed E-state index contributed by atoms with van der Waals surface area (Å²) in [5.74, 6) is 0. The zero-order valence-electron chi connectivity index (χ0n) is 28.8. The van der Waals surface area contributed by atoms with E-state index in [0.717, 1.165) is 30.9 Å². The molecule has 0 unspecified atom stereocenters. The van der Waals surface area contributed by atoms with Crippen molar-refractivity contribution < 1.29 is 42.0 Å². The summed E-state index contributed by atoms with van der Waals surface area (Å²) < 4.78 is 119. The molecule has 4 rings (SSSR count). The molecule has 0 spiro atoms. The first-order valence-corrected chi connectivity index (χ1v) is 21.7. The molecule has 0 heterocycles. The van der Waals surface area contributed by atoms with Gasteiger partial charge in [0.25, 0.3) is 20.2 Å². The van der Waals surface area contributed by atoms with Crippen LogP contribution in [0, 0.1) is 27.7 Å². The lowest BCUT2D eigenvalue weighted by Gasteiger charge is -2.25. The molecule has 4 aromatic rings. The van der Waals surface area contributed by atoms with Gasteiger partial charge in [0.05, 0.1) is 32.8 Å². The van der Waals surface area contributed by atoms with Crippen LogP contribution >= 0.6 is 0 Å². The highest BCUT2D eigenvalue weighted by molar-refractivity contribution is 7.89. The Morgan fingerprint density at radius 2 is 0.647 bits per heavy atom. The molecule has 0 N–H and O–H groups in total. The molecule has 276 valence electrons.